The lowest BCUT2D eigenvalue weighted by atomic mass is 9.86. The van der Waals surface area contributed by atoms with Gasteiger partial charge in [0.15, 0.2) is 0 Å². The summed E-state index contributed by atoms with van der Waals surface area (Å²) < 4.78 is 0. The summed E-state index contributed by atoms with van der Waals surface area (Å²) in [6, 6.07) is 0. The van der Waals surface area contributed by atoms with Crippen molar-refractivity contribution in [3.05, 3.63) is 0 Å². The molecule has 0 atom stereocenters. The van der Waals surface area contributed by atoms with Gasteiger partial charge < -0.3 is 5.11 Å². The van der Waals surface area contributed by atoms with Gasteiger partial charge in [-0.25, -0.2) is 0 Å². The van der Waals surface area contributed by atoms with Crippen LogP contribution in [0.25, 0.3) is 0 Å². The van der Waals surface area contributed by atoms with E-state index in [4.69, 9.17) is 0 Å². The summed E-state index contributed by atoms with van der Waals surface area (Å²) in [6.45, 7) is 1.91. The second kappa shape index (κ2) is 2.51. The molecule has 0 aromatic rings. The van der Waals surface area contributed by atoms with Gasteiger partial charge in [0.25, 0.3) is 0 Å². The molecule has 54 valence electrons. The number of aliphatic hydroxyl groups is 1. The molecule has 9 heavy (non-hydrogen) atoms. The summed E-state index contributed by atoms with van der Waals surface area (Å²) in [4.78, 5) is 0. The molecule has 0 aromatic carbocycles. The molecule has 0 heterocycles. The second-order valence-electron chi connectivity index (χ2n) is 3.23. The van der Waals surface area contributed by atoms with Crippen molar-refractivity contribution in [2.75, 3.05) is 0 Å². The molecule has 0 aromatic heterocycles. The van der Waals surface area contributed by atoms with E-state index < -0.39 is 0 Å². The van der Waals surface area contributed by atoms with Crippen molar-refractivity contribution in [3.8, 4) is 0 Å². The van der Waals surface area contributed by atoms with E-state index in [9.17, 15) is 5.11 Å². The van der Waals surface area contributed by atoms with Crippen molar-refractivity contribution in [2.45, 2.75) is 43.5 Å². The first-order valence-corrected chi connectivity index (χ1v) is 4.02. The fraction of sp³-hybridized carbons (Fsp3) is 1.00. The van der Waals surface area contributed by atoms with Crippen molar-refractivity contribution in [3.63, 3.8) is 0 Å². The van der Waals surface area contributed by atoms with Crippen LogP contribution in [0.2, 0.25) is 0 Å². The third-order valence-corrected chi connectivity index (χ3v) is 2.55. The summed E-state index contributed by atoms with van der Waals surface area (Å²) in [6.07, 6.45) is 3.97. The van der Waals surface area contributed by atoms with Crippen molar-refractivity contribution < 1.29 is 5.11 Å². The number of thiol groups is 1. The van der Waals surface area contributed by atoms with Gasteiger partial charge in [-0.15, -0.1) is 0 Å². The van der Waals surface area contributed by atoms with Crippen LogP contribution in [0.1, 0.15) is 32.6 Å². The van der Waals surface area contributed by atoms with E-state index in [1.807, 2.05) is 6.92 Å². The van der Waals surface area contributed by atoms with Crippen molar-refractivity contribution >= 4 is 12.6 Å². The lowest BCUT2D eigenvalue weighted by Crippen LogP contribution is -2.30. The number of hydrogen-bond acceptors (Lipinski definition) is 2. The van der Waals surface area contributed by atoms with Crippen LogP contribution in [-0.2, 0) is 0 Å². The monoisotopic (exact) mass is 146 g/mol. The predicted molar refractivity (Wildman–Crippen MR) is 41.9 cm³/mol. The molecule has 1 aliphatic carbocycles. The minimum atomic E-state index is -0.390. The molecule has 1 rings (SSSR count). The van der Waals surface area contributed by atoms with Gasteiger partial charge in [-0.1, -0.05) is 0 Å². The van der Waals surface area contributed by atoms with Crippen LogP contribution in [0.4, 0.5) is 0 Å². The first kappa shape index (κ1) is 7.42. The molecule has 0 bridgehead atoms. The minimum Gasteiger partial charge on any atom is -0.390 e. The molecular weight excluding hydrogens is 132 g/mol. The van der Waals surface area contributed by atoms with Gasteiger partial charge in [0.05, 0.1) is 5.60 Å². The molecule has 1 N–H and O–H groups in total. The van der Waals surface area contributed by atoms with Crippen molar-refractivity contribution in [2.24, 2.45) is 0 Å². The molecule has 0 amide bonds. The fourth-order valence-corrected chi connectivity index (χ4v) is 1.48. The van der Waals surface area contributed by atoms with Gasteiger partial charge >= 0.3 is 0 Å². The zero-order chi connectivity index (χ0) is 6.91. The van der Waals surface area contributed by atoms with Crippen LogP contribution in [0.3, 0.4) is 0 Å². The van der Waals surface area contributed by atoms with E-state index in [0.717, 1.165) is 25.7 Å². The van der Waals surface area contributed by atoms with E-state index in [-0.39, 0.29) is 5.60 Å². The Bertz CT molecular complexity index is 91.1. The van der Waals surface area contributed by atoms with E-state index in [0.29, 0.717) is 5.25 Å². The number of rotatable bonds is 0. The Morgan fingerprint density at radius 1 is 1.44 bits per heavy atom. The quantitative estimate of drug-likeness (QED) is 0.497. The van der Waals surface area contributed by atoms with E-state index in [2.05, 4.69) is 12.6 Å². The van der Waals surface area contributed by atoms with Crippen LogP contribution in [-0.4, -0.2) is 16.0 Å². The summed E-state index contributed by atoms with van der Waals surface area (Å²) in [7, 11) is 0. The fourth-order valence-electron chi connectivity index (χ4n) is 1.22. The average Bonchev–Trinajstić information content (AvgIpc) is 1.78. The summed E-state index contributed by atoms with van der Waals surface area (Å²) in [5.74, 6) is 0. The third-order valence-electron chi connectivity index (χ3n) is 2.03. The topological polar surface area (TPSA) is 20.2 Å². The van der Waals surface area contributed by atoms with Gasteiger partial charge in [-0.3, -0.25) is 0 Å². The Hall–Kier alpha value is 0.310. The highest BCUT2D eigenvalue weighted by Gasteiger charge is 2.26. The van der Waals surface area contributed by atoms with Crippen molar-refractivity contribution in [1.29, 1.82) is 0 Å². The largest absolute Gasteiger partial charge is 0.390 e. The lowest BCUT2D eigenvalue weighted by Gasteiger charge is -2.30. The van der Waals surface area contributed by atoms with Crippen LogP contribution in [0, 0.1) is 0 Å². The molecule has 0 radical (unpaired) electrons. The molecule has 0 spiro atoms. The SMILES string of the molecule is CC1(O)CCC(S)CC1. The maximum Gasteiger partial charge on any atom is 0.0620 e. The van der Waals surface area contributed by atoms with Gasteiger partial charge in [0, 0.05) is 5.25 Å². The van der Waals surface area contributed by atoms with Gasteiger partial charge in [-0.05, 0) is 32.6 Å². The lowest BCUT2D eigenvalue weighted by molar-refractivity contribution is 0.0241. The Morgan fingerprint density at radius 3 is 2.22 bits per heavy atom. The highest BCUT2D eigenvalue weighted by Crippen LogP contribution is 2.29. The summed E-state index contributed by atoms with van der Waals surface area (Å²) in [5.41, 5.74) is -0.390. The van der Waals surface area contributed by atoms with Crippen LogP contribution >= 0.6 is 12.6 Å². The molecule has 1 aliphatic rings. The minimum absolute atomic E-state index is 0.390. The maximum absolute atomic E-state index is 9.46. The highest BCUT2D eigenvalue weighted by molar-refractivity contribution is 7.80. The molecule has 2 heteroatoms. The standard InChI is InChI=1S/C7H14OS/c1-7(8)4-2-6(9)3-5-7/h6,8-9H,2-5H2,1H3. The van der Waals surface area contributed by atoms with Gasteiger partial charge in [-0.2, -0.15) is 12.6 Å². The Kier molecular flexibility index (Phi) is 2.07. The normalized spacial score (nSPS) is 45.0. The smallest absolute Gasteiger partial charge is 0.0620 e. The molecule has 1 fully saturated rings. The zero-order valence-electron chi connectivity index (χ0n) is 5.80. The Morgan fingerprint density at radius 2 is 1.89 bits per heavy atom. The molecule has 0 unspecified atom stereocenters. The molecular formula is C7H14OS. The first-order valence-electron chi connectivity index (χ1n) is 3.51. The molecule has 1 saturated carbocycles. The van der Waals surface area contributed by atoms with E-state index in [1.54, 1.807) is 0 Å². The van der Waals surface area contributed by atoms with Gasteiger partial charge in [0.2, 0.25) is 0 Å². The second-order valence-corrected chi connectivity index (χ2v) is 3.96. The molecule has 0 saturated heterocycles. The van der Waals surface area contributed by atoms with E-state index >= 15 is 0 Å². The Balaban J connectivity index is 2.35. The highest BCUT2D eigenvalue weighted by atomic mass is 32.1. The zero-order valence-corrected chi connectivity index (χ0v) is 6.69. The van der Waals surface area contributed by atoms with Crippen LogP contribution in [0.5, 0.6) is 0 Å². The number of hydrogen-bond donors (Lipinski definition) is 2. The molecule has 1 nitrogen and oxygen atoms in total. The van der Waals surface area contributed by atoms with E-state index in [1.165, 1.54) is 0 Å². The summed E-state index contributed by atoms with van der Waals surface area (Å²) >= 11 is 4.33. The third kappa shape index (κ3) is 2.18. The average molecular weight is 146 g/mol. The first-order chi connectivity index (χ1) is 4.10. The predicted octanol–water partition coefficient (Wildman–Crippen LogP) is 1.61. The Labute approximate surface area is 61.9 Å². The molecule has 0 aliphatic heterocycles. The van der Waals surface area contributed by atoms with Gasteiger partial charge in [0.1, 0.15) is 0 Å². The van der Waals surface area contributed by atoms with Crippen molar-refractivity contribution in [1.82, 2.24) is 0 Å². The van der Waals surface area contributed by atoms with Crippen LogP contribution in [0.15, 0.2) is 0 Å². The maximum atomic E-state index is 9.46. The van der Waals surface area contributed by atoms with Crippen LogP contribution < -0.4 is 0 Å². The summed E-state index contributed by atoms with van der Waals surface area (Å²) in [5, 5.41) is 9.99.